The molecule has 2 aromatic heterocycles. The topological polar surface area (TPSA) is 57.0 Å². The fourth-order valence-corrected chi connectivity index (χ4v) is 3.40. The van der Waals surface area contributed by atoms with Gasteiger partial charge in [0.05, 0.1) is 37.1 Å². The van der Waals surface area contributed by atoms with Crippen molar-refractivity contribution in [1.29, 1.82) is 0 Å². The summed E-state index contributed by atoms with van der Waals surface area (Å²) in [6.07, 6.45) is 3.08. The van der Waals surface area contributed by atoms with Crippen molar-refractivity contribution in [3.63, 3.8) is 0 Å². The molecule has 0 N–H and O–H groups in total. The minimum atomic E-state index is -0.131. The molecule has 1 aromatic carbocycles. The molecule has 7 heteroatoms. The van der Waals surface area contributed by atoms with Gasteiger partial charge in [0.15, 0.2) is 0 Å². The van der Waals surface area contributed by atoms with Gasteiger partial charge in [0.25, 0.3) is 5.56 Å². The van der Waals surface area contributed by atoms with Gasteiger partial charge in [-0.05, 0) is 29.5 Å². The molecule has 0 amide bonds. The van der Waals surface area contributed by atoms with Crippen molar-refractivity contribution in [2.24, 2.45) is 0 Å². The predicted molar refractivity (Wildman–Crippen MR) is 97.3 cm³/mol. The molecule has 0 radical (unpaired) electrons. The molecule has 0 aliphatic heterocycles. The van der Waals surface area contributed by atoms with Gasteiger partial charge in [-0.15, -0.1) is 11.8 Å². The largest absolute Gasteiger partial charge is 0.481 e. The van der Waals surface area contributed by atoms with Crippen LogP contribution in [-0.4, -0.2) is 27.4 Å². The summed E-state index contributed by atoms with van der Waals surface area (Å²) in [5.41, 5.74) is 1.41. The number of thioether (sulfide) groups is 1. The summed E-state index contributed by atoms with van der Waals surface area (Å²) in [5, 5.41) is 1.13. The van der Waals surface area contributed by atoms with Crippen LogP contribution in [0.1, 0.15) is 12.5 Å². The molecular formula is C17H16ClN3O2S. The summed E-state index contributed by atoms with van der Waals surface area (Å²) in [6, 6.07) is 7.35. The number of methoxy groups -OCH3 is 1. The Labute approximate surface area is 148 Å². The summed E-state index contributed by atoms with van der Waals surface area (Å²) >= 11 is 7.84. The number of nitrogens with zero attached hydrogens (tertiary/aromatic N) is 3. The van der Waals surface area contributed by atoms with Crippen molar-refractivity contribution in [1.82, 2.24) is 14.5 Å². The first-order valence-electron chi connectivity index (χ1n) is 7.42. The van der Waals surface area contributed by atoms with Crippen molar-refractivity contribution >= 4 is 34.3 Å². The Bertz CT molecular complexity index is 943. The van der Waals surface area contributed by atoms with Crippen molar-refractivity contribution < 1.29 is 4.74 Å². The van der Waals surface area contributed by atoms with Gasteiger partial charge in [0, 0.05) is 16.0 Å². The van der Waals surface area contributed by atoms with E-state index in [-0.39, 0.29) is 5.56 Å². The quantitative estimate of drug-likeness (QED) is 0.650. The Morgan fingerprint density at radius 2 is 2.12 bits per heavy atom. The number of hydrogen-bond donors (Lipinski definition) is 0. The van der Waals surface area contributed by atoms with Gasteiger partial charge in [-0.1, -0.05) is 18.5 Å². The van der Waals surface area contributed by atoms with Crippen LogP contribution in [0.15, 0.2) is 46.5 Å². The molecule has 0 unspecified atom stereocenters. The van der Waals surface area contributed by atoms with Crippen LogP contribution >= 0.6 is 23.4 Å². The van der Waals surface area contributed by atoms with E-state index < -0.39 is 0 Å². The van der Waals surface area contributed by atoms with Crippen LogP contribution in [0.5, 0.6) is 5.88 Å². The molecule has 124 valence electrons. The Hall–Kier alpha value is -2.05. The summed E-state index contributed by atoms with van der Waals surface area (Å²) in [4.78, 5) is 22.3. The lowest BCUT2D eigenvalue weighted by molar-refractivity contribution is 0.398. The van der Waals surface area contributed by atoms with Gasteiger partial charge in [-0.2, -0.15) is 0 Å². The summed E-state index contributed by atoms with van der Waals surface area (Å²) in [5.74, 6) is 1.34. The highest BCUT2D eigenvalue weighted by atomic mass is 35.5. The molecule has 0 spiro atoms. The molecule has 0 aliphatic rings. The molecule has 3 rings (SSSR count). The molecule has 24 heavy (non-hydrogen) atoms. The normalized spacial score (nSPS) is 11.0. The molecule has 0 fully saturated rings. The maximum Gasteiger partial charge on any atom is 0.261 e. The van der Waals surface area contributed by atoms with Crippen LogP contribution in [-0.2, 0) is 6.54 Å². The van der Waals surface area contributed by atoms with Crippen molar-refractivity contribution in [3.05, 3.63) is 57.7 Å². The lowest BCUT2D eigenvalue weighted by Gasteiger charge is -2.11. The van der Waals surface area contributed by atoms with Crippen LogP contribution in [0.4, 0.5) is 0 Å². The highest BCUT2D eigenvalue weighted by molar-refractivity contribution is 7.99. The van der Waals surface area contributed by atoms with Crippen molar-refractivity contribution in [2.75, 3.05) is 12.9 Å². The molecular weight excluding hydrogens is 346 g/mol. The van der Waals surface area contributed by atoms with E-state index in [0.29, 0.717) is 28.4 Å². The van der Waals surface area contributed by atoms with Crippen molar-refractivity contribution in [3.8, 4) is 5.88 Å². The number of rotatable bonds is 5. The zero-order chi connectivity index (χ0) is 17.1. The van der Waals surface area contributed by atoms with Crippen molar-refractivity contribution in [2.45, 2.75) is 18.4 Å². The van der Waals surface area contributed by atoms with Gasteiger partial charge in [-0.3, -0.25) is 9.36 Å². The number of ether oxygens (including phenoxy) is 1. The van der Waals surface area contributed by atoms with Crippen LogP contribution in [0.25, 0.3) is 10.9 Å². The van der Waals surface area contributed by atoms with Crippen LogP contribution in [0.2, 0.25) is 5.02 Å². The average Bonchev–Trinajstić information content (AvgIpc) is 2.59. The van der Waals surface area contributed by atoms with E-state index in [4.69, 9.17) is 16.3 Å². The number of halogens is 1. The average molecular weight is 362 g/mol. The van der Waals surface area contributed by atoms with Gasteiger partial charge in [0.2, 0.25) is 5.88 Å². The van der Waals surface area contributed by atoms with E-state index in [2.05, 4.69) is 16.9 Å². The molecule has 0 aliphatic carbocycles. The Kier molecular flexibility index (Phi) is 5.06. The lowest BCUT2D eigenvalue weighted by atomic mass is 10.2. The lowest BCUT2D eigenvalue weighted by Crippen LogP contribution is -2.21. The Morgan fingerprint density at radius 1 is 1.29 bits per heavy atom. The predicted octanol–water partition coefficient (Wildman–Crippen LogP) is 3.61. The minimum Gasteiger partial charge on any atom is -0.481 e. The number of benzene rings is 1. The second-order valence-electron chi connectivity index (χ2n) is 5.11. The molecule has 0 saturated carbocycles. The maximum atomic E-state index is 12.8. The van der Waals surface area contributed by atoms with E-state index in [0.717, 1.165) is 16.2 Å². The highest BCUT2D eigenvalue weighted by Gasteiger charge is 2.10. The van der Waals surface area contributed by atoms with E-state index in [1.165, 1.54) is 13.3 Å². The Balaban J connectivity index is 2.06. The molecule has 3 aromatic rings. The van der Waals surface area contributed by atoms with E-state index in [1.54, 1.807) is 28.7 Å². The first kappa shape index (κ1) is 16.8. The summed E-state index contributed by atoms with van der Waals surface area (Å²) in [6.45, 7) is 2.50. The van der Waals surface area contributed by atoms with Gasteiger partial charge < -0.3 is 4.74 Å². The smallest absolute Gasteiger partial charge is 0.261 e. The fraction of sp³-hybridized carbons (Fsp3) is 0.235. The molecule has 5 nitrogen and oxygen atoms in total. The molecule has 2 heterocycles. The number of fused-ring (bicyclic) bond motifs is 1. The zero-order valence-electron chi connectivity index (χ0n) is 13.3. The third-order valence-corrected chi connectivity index (χ3v) is 4.79. The second-order valence-corrected chi connectivity index (χ2v) is 6.85. The van der Waals surface area contributed by atoms with E-state index >= 15 is 0 Å². The van der Waals surface area contributed by atoms with E-state index in [1.807, 2.05) is 18.2 Å². The molecule has 0 bridgehead atoms. The molecule has 0 saturated heterocycles. The monoisotopic (exact) mass is 361 g/mol. The fourth-order valence-electron chi connectivity index (χ4n) is 2.42. The van der Waals surface area contributed by atoms with Gasteiger partial charge in [-0.25, -0.2) is 9.97 Å². The summed E-state index contributed by atoms with van der Waals surface area (Å²) < 4.78 is 6.67. The summed E-state index contributed by atoms with van der Waals surface area (Å²) in [7, 11) is 1.52. The number of pyridine rings is 1. The minimum absolute atomic E-state index is 0.131. The van der Waals surface area contributed by atoms with Crippen LogP contribution in [0, 0.1) is 0 Å². The Morgan fingerprint density at radius 3 is 2.88 bits per heavy atom. The third kappa shape index (κ3) is 3.39. The van der Waals surface area contributed by atoms with E-state index in [9.17, 15) is 4.79 Å². The highest BCUT2D eigenvalue weighted by Crippen LogP contribution is 2.26. The third-order valence-electron chi connectivity index (χ3n) is 3.56. The van der Waals surface area contributed by atoms with Gasteiger partial charge >= 0.3 is 0 Å². The van der Waals surface area contributed by atoms with Crippen LogP contribution < -0.4 is 10.3 Å². The number of aromatic nitrogens is 3. The standard InChI is InChI=1S/C17H16ClN3O2S/c1-3-24-15-5-4-12(18)6-11(15)9-21-10-20-14-8-19-16(23-2)7-13(14)17(21)22/h4-8,10H,3,9H2,1-2H3. The maximum absolute atomic E-state index is 12.8. The van der Waals surface area contributed by atoms with Crippen LogP contribution in [0.3, 0.4) is 0 Å². The molecule has 0 atom stereocenters. The zero-order valence-corrected chi connectivity index (χ0v) is 14.9. The van der Waals surface area contributed by atoms with Gasteiger partial charge in [0.1, 0.15) is 0 Å². The SMILES string of the molecule is CCSc1ccc(Cl)cc1Cn1cnc2cnc(OC)cc2c1=O. The number of hydrogen-bond acceptors (Lipinski definition) is 5. The second kappa shape index (κ2) is 7.23. The first-order valence-corrected chi connectivity index (χ1v) is 8.79. The first-order chi connectivity index (χ1) is 11.6.